The van der Waals surface area contributed by atoms with Gasteiger partial charge in [-0.2, -0.15) is 4.98 Å². The van der Waals surface area contributed by atoms with Gasteiger partial charge in [-0.25, -0.2) is 14.4 Å². The van der Waals surface area contributed by atoms with E-state index in [0.29, 0.717) is 60.3 Å². The summed E-state index contributed by atoms with van der Waals surface area (Å²) in [6.45, 7) is 16.2. The Morgan fingerprint density at radius 2 is 1.58 bits per heavy atom. The van der Waals surface area contributed by atoms with Crippen LogP contribution in [0.25, 0.3) is 43.2 Å². The number of phenolic OH excluding ortho intramolecular Hbond substituents is 1. The number of anilines is 2. The maximum atomic E-state index is 17.0. The van der Waals surface area contributed by atoms with Gasteiger partial charge in [0, 0.05) is 76.7 Å². The highest BCUT2D eigenvalue weighted by atomic mass is 35.5. The molecule has 21 nitrogen and oxygen atoms in total. The highest BCUT2D eigenvalue weighted by Crippen LogP contribution is 2.42. The zero-order valence-corrected chi connectivity index (χ0v) is 51.0. The number of nitrogens with one attached hydrogen (secondary N) is 3. The van der Waals surface area contributed by atoms with Gasteiger partial charge in [-0.1, -0.05) is 87.5 Å². The number of benzene rings is 4. The second-order valence-corrected chi connectivity index (χ2v) is 23.6. The summed E-state index contributed by atoms with van der Waals surface area (Å²) in [6, 6.07) is 17.5. The summed E-state index contributed by atoms with van der Waals surface area (Å²) in [7, 11) is 1.67. The van der Waals surface area contributed by atoms with Crippen molar-refractivity contribution in [3.8, 4) is 27.3 Å². The third kappa shape index (κ3) is 16.4. The average Bonchev–Trinajstić information content (AvgIpc) is 1.02. The van der Waals surface area contributed by atoms with E-state index in [9.17, 15) is 34.2 Å². The Kier molecular flexibility index (Phi) is 22.4. The molecule has 4 atom stereocenters. The van der Waals surface area contributed by atoms with Gasteiger partial charge in [-0.3, -0.25) is 24.0 Å². The Morgan fingerprint density at radius 1 is 0.907 bits per heavy atom. The highest BCUT2D eigenvalue weighted by Gasteiger charge is 2.45. The summed E-state index contributed by atoms with van der Waals surface area (Å²) in [4.78, 5) is 87.7. The molecule has 4 heterocycles. The molecule has 2 saturated heterocycles. The number of likely N-dealkylation sites (tertiary alicyclic amines) is 1. The minimum absolute atomic E-state index is 0.00803. The number of piperazine rings is 1. The van der Waals surface area contributed by atoms with E-state index in [1.165, 1.54) is 17.0 Å². The molecule has 2 fully saturated rings. The standard InChI is InChI=1S/C62H76ClFN10O11S/c1-8-51(78)72-19-21-73(22-20-72)58-47-34-48(63)53(46-32-43(75)31-42-11-9-10-12-45(42)46)54(64)55(47)69-61(70-58)65-18-17-52(79)71(7)23-24-82-25-26-83-27-28-84-29-30-85-36-50(77)68-57(62(4,5)6)60(81)74-35-44(76)33-49(74)59(80)67-38(2)40-13-15-41(16-14-40)56-39(3)66-37-86-56/h8-16,31-32,34,37-38,44,49,57,75-76H,1,17-30,33,35-36H2,2-7H3,(H,67,80)(H,68,77)(H,65,69,70)/t38-,44+,49-,57+/m1/s1. The van der Waals surface area contributed by atoms with E-state index in [1.807, 2.05) is 88.0 Å². The number of phenols is 1. The van der Waals surface area contributed by atoms with Crippen LogP contribution in [0.3, 0.4) is 0 Å². The van der Waals surface area contributed by atoms with Crippen LogP contribution in [-0.4, -0.2) is 193 Å². The van der Waals surface area contributed by atoms with Crippen LogP contribution in [0.1, 0.15) is 57.8 Å². The smallest absolute Gasteiger partial charge is 0.246 e. The second-order valence-electron chi connectivity index (χ2n) is 22.3. The fourth-order valence-corrected chi connectivity index (χ4v) is 11.5. The lowest BCUT2D eigenvalue weighted by atomic mass is 9.85. The number of rotatable bonds is 27. The minimum atomic E-state index is -1.01. The number of halogens is 2. The number of aromatic nitrogens is 3. The molecular formula is C62H76ClFN10O11S. The Morgan fingerprint density at radius 3 is 2.24 bits per heavy atom. The van der Waals surface area contributed by atoms with Gasteiger partial charge >= 0.3 is 0 Å². The number of thiazole rings is 1. The molecule has 0 saturated carbocycles. The number of amides is 5. The van der Waals surface area contributed by atoms with Crippen LogP contribution in [0.15, 0.2) is 84.9 Å². The number of β-amino-alcohol motifs (C(OH)–C–C–N with tert-alkyl or cyclic N) is 1. The molecule has 460 valence electrons. The van der Waals surface area contributed by atoms with E-state index in [4.69, 9.17) is 35.5 Å². The van der Waals surface area contributed by atoms with Crippen molar-refractivity contribution in [2.45, 2.75) is 71.7 Å². The van der Waals surface area contributed by atoms with E-state index in [0.717, 1.165) is 21.7 Å². The number of ether oxygens (including phenoxy) is 4. The number of aromatic hydroxyl groups is 1. The lowest BCUT2D eigenvalue weighted by Crippen LogP contribution is -2.58. The molecule has 5 amide bonds. The van der Waals surface area contributed by atoms with Crippen LogP contribution in [0.4, 0.5) is 16.2 Å². The normalized spacial score (nSPS) is 16.1. The summed E-state index contributed by atoms with van der Waals surface area (Å²) in [5.41, 5.74) is 4.38. The van der Waals surface area contributed by atoms with Crippen molar-refractivity contribution in [1.29, 1.82) is 0 Å². The molecule has 0 aliphatic carbocycles. The van der Waals surface area contributed by atoms with Gasteiger partial charge in [0.05, 0.1) is 79.5 Å². The Labute approximate surface area is 508 Å². The topological polar surface area (TPSA) is 250 Å². The summed E-state index contributed by atoms with van der Waals surface area (Å²) in [5, 5.41) is 32.0. The van der Waals surface area contributed by atoms with Gasteiger partial charge in [0.1, 0.15) is 35.8 Å². The first kappa shape index (κ1) is 64.6. The van der Waals surface area contributed by atoms with Crippen LogP contribution >= 0.6 is 22.9 Å². The molecule has 2 aliphatic rings. The second kappa shape index (κ2) is 29.8. The molecule has 4 aromatic carbocycles. The monoisotopic (exact) mass is 1220 g/mol. The number of carbonyl (C=O) groups excluding carboxylic acids is 5. The third-order valence-corrected chi connectivity index (χ3v) is 16.3. The molecule has 86 heavy (non-hydrogen) atoms. The first-order valence-corrected chi connectivity index (χ1v) is 29.9. The van der Waals surface area contributed by atoms with Crippen molar-refractivity contribution >= 4 is 85.9 Å². The Balaban J connectivity index is 0.715. The number of fused-ring (bicyclic) bond motifs is 2. The number of hydrogen-bond donors (Lipinski definition) is 5. The molecule has 8 rings (SSSR count). The number of nitrogens with zero attached hydrogens (tertiary/aromatic N) is 7. The molecule has 5 N–H and O–H groups in total. The van der Waals surface area contributed by atoms with Crippen LogP contribution in [0, 0.1) is 18.2 Å². The zero-order valence-electron chi connectivity index (χ0n) is 49.4. The molecular weight excluding hydrogens is 1150 g/mol. The number of aliphatic hydroxyl groups is 1. The van der Waals surface area contributed by atoms with Crippen LogP contribution in [0.2, 0.25) is 5.02 Å². The number of aryl methyl sites for hydroxylation is 1. The molecule has 6 aromatic rings. The lowest BCUT2D eigenvalue weighted by molar-refractivity contribution is -0.144. The Hall–Kier alpha value is -7.38. The van der Waals surface area contributed by atoms with Gasteiger partial charge < -0.3 is 64.7 Å². The number of hydrogen-bond acceptors (Lipinski definition) is 17. The molecule has 0 unspecified atom stereocenters. The van der Waals surface area contributed by atoms with Gasteiger partial charge in [0.2, 0.25) is 35.5 Å². The first-order chi connectivity index (χ1) is 41.2. The fourth-order valence-electron chi connectivity index (χ4n) is 10.4. The van der Waals surface area contributed by atoms with E-state index >= 15 is 4.39 Å². The van der Waals surface area contributed by atoms with Crippen LogP contribution < -0.4 is 20.9 Å². The number of carbonyl (C=O) groups is 5. The van der Waals surface area contributed by atoms with Crippen LogP contribution in [0.5, 0.6) is 5.75 Å². The van der Waals surface area contributed by atoms with Gasteiger partial charge in [-0.15, -0.1) is 11.3 Å². The van der Waals surface area contributed by atoms with Crippen molar-refractivity contribution in [3.05, 3.63) is 107 Å². The lowest BCUT2D eigenvalue weighted by Gasteiger charge is -2.35. The fraction of sp³-hybridized carbons (Fsp3) is 0.452. The maximum absolute atomic E-state index is 17.0. The zero-order chi connectivity index (χ0) is 61.7. The van der Waals surface area contributed by atoms with E-state index < -0.39 is 47.1 Å². The van der Waals surface area contributed by atoms with E-state index in [1.54, 1.807) is 45.8 Å². The highest BCUT2D eigenvalue weighted by molar-refractivity contribution is 7.13. The van der Waals surface area contributed by atoms with Crippen molar-refractivity contribution < 1.29 is 57.5 Å². The van der Waals surface area contributed by atoms with Gasteiger partial charge in [0.15, 0.2) is 5.82 Å². The molecule has 0 spiro atoms. The number of likely N-dealkylation sites (N-methyl/N-ethyl adjacent to an activating group) is 1. The quantitative estimate of drug-likeness (QED) is 0.0260. The molecule has 2 aromatic heterocycles. The predicted octanol–water partition coefficient (Wildman–Crippen LogP) is 6.91. The summed E-state index contributed by atoms with van der Waals surface area (Å²) in [6.07, 6.45) is 0.500. The average molecular weight is 1220 g/mol. The summed E-state index contributed by atoms with van der Waals surface area (Å²) in [5.74, 6) is -2.00. The van der Waals surface area contributed by atoms with E-state index in [2.05, 4.69) is 32.5 Å². The molecule has 0 bridgehead atoms. The Bertz CT molecular complexity index is 3380. The number of aliphatic hydroxyl groups excluding tert-OH is 1. The van der Waals surface area contributed by atoms with E-state index in [-0.39, 0.29) is 124 Å². The first-order valence-electron chi connectivity index (χ1n) is 28.7. The SMILES string of the molecule is C=CC(=O)N1CCN(c2nc(NCCC(=O)N(C)CCOCCOCCOCCOCC(=O)N[C@@H](C(=O)N3C[C@@H](O)C[C@@H]3C(=O)N[C@H](C)c3ccc(-c4scnc4C)cc3)C(C)(C)C)nc3c(F)c(-c4cc(O)cc5ccccc45)c(Cl)cc23)CC1. The molecule has 24 heteroatoms. The van der Waals surface area contributed by atoms with Crippen molar-refractivity contribution in [2.75, 3.05) is 116 Å². The largest absolute Gasteiger partial charge is 0.508 e. The molecule has 0 radical (unpaired) electrons. The summed E-state index contributed by atoms with van der Waals surface area (Å²) < 4.78 is 39.5. The van der Waals surface area contributed by atoms with Crippen molar-refractivity contribution in [2.24, 2.45) is 5.41 Å². The van der Waals surface area contributed by atoms with Gasteiger partial charge in [0.25, 0.3) is 0 Å². The summed E-state index contributed by atoms with van der Waals surface area (Å²) >= 11 is 8.44. The predicted molar refractivity (Wildman–Crippen MR) is 328 cm³/mol. The van der Waals surface area contributed by atoms with Crippen molar-refractivity contribution in [1.82, 2.24) is 40.3 Å². The van der Waals surface area contributed by atoms with Gasteiger partial charge in [-0.05, 0) is 71.0 Å². The maximum Gasteiger partial charge on any atom is 0.246 e. The van der Waals surface area contributed by atoms with Crippen LogP contribution in [-0.2, 0) is 42.9 Å². The molecule has 2 aliphatic heterocycles. The van der Waals surface area contributed by atoms with Crippen molar-refractivity contribution in [3.63, 3.8) is 0 Å². The minimum Gasteiger partial charge on any atom is -0.508 e. The third-order valence-electron chi connectivity index (χ3n) is 15.1.